The molecule has 1 N–H and O–H groups in total. The van der Waals surface area contributed by atoms with Gasteiger partial charge >= 0.3 is 0 Å². The molecule has 102 valence electrons. The van der Waals surface area contributed by atoms with Crippen molar-refractivity contribution in [1.82, 2.24) is 10.2 Å². The molecular formula is C13H28N2O2. The predicted molar refractivity (Wildman–Crippen MR) is 70.5 cm³/mol. The monoisotopic (exact) mass is 244 g/mol. The van der Waals surface area contributed by atoms with Gasteiger partial charge in [0.2, 0.25) is 0 Å². The maximum Gasteiger partial charge on any atom is 0.0593 e. The topological polar surface area (TPSA) is 33.7 Å². The Hall–Kier alpha value is -0.160. The molecule has 1 fully saturated rings. The minimum Gasteiger partial charge on any atom is -0.381 e. The Morgan fingerprint density at radius 1 is 1.24 bits per heavy atom. The summed E-state index contributed by atoms with van der Waals surface area (Å²) in [4.78, 5) is 2.43. The molecule has 17 heavy (non-hydrogen) atoms. The number of likely N-dealkylation sites (N-methyl/N-ethyl adjacent to an activating group) is 1. The van der Waals surface area contributed by atoms with E-state index >= 15 is 0 Å². The summed E-state index contributed by atoms with van der Waals surface area (Å²) in [6.45, 7) is 12.1. The van der Waals surface area contributed by atoms with Gasteiger partial charge in [-0.15, -0.1) is 0 Å². The third-order valence-electron chi connectivity index (χ3n) is 3.29. The highest BCUT2D eigenvalue weighted by molar-refractivity contribution is 4.70. The summed E-state index contributed by atoms with van der Waals surface area (Å²) in [5.41, 5.74) is 0. The molecule has 0 amide bonds. The van der Waals surface area contributed by atoms with Gasteiger partial charge in [-0.3, -0.25) is 0 Å². The Morgan fingerprint density at radius 3 is 2.65 bits per heavy atom. The highest BCUT2D eigenvalue weighted by Crippen LogP contribution is 2.05. The van der Waals surface area contributed by atoms with Crippen LogP contribution in [0.3, 0.4) is 0 Å². The number of hydrogen-bond acceptors (Lipinski definition) is 4. The van der Waals surface area contributed by atoms with Crippen LogP contribution in [0.5, 0.6) is 0 Å². The Balaban J connectivity index is 2.01. The van der Waals surface area contributed by atoms with Crippen molar-refractivity contribution in [3.63, 3.8) is 0 Å². The summed E-state index contributed by atoms with van der Waals surface area (Å²) < 4.78 is 10.7. The average molecular weight is 244 g/mol. The lowest BCUT2D eigenvalue weighted by Crippen LogP contribution is -2.40. The normalized spacial score (nSPS) is 17.8. The second-order valence-electron chi connectivity index (χ2n) is 4.47. The number of rotatable bonds is 9. The van der Waals surface area contributed by atoms with Crippen molar-refractivity contribution in [3.05, 3.63) is 0 Å². The summed E-state index contributed by atoms with van der Waals surface area (Å²) in [6, 6.07) is 0.661. The van der Waals surface area contributed by atoms with E-state index in [4.69, 9.17) is 9.47 Å². The van der Waals surface area contributed by atoms with Gasteiger partial charge in [0.1, 0.15) is 0 Å². The second kappa shape index (κ2) is 9.83. The molecule has 1 aliphatic heterocycles. The lowest BCUT2D eigenvalue weighted by molar-refractivity contribution is 0.0763. The largest absolute Gasteiger partial charge is 0.381 e. The average Bonchev–Trinajstić information content (AvgIpc) is 2.38. The third-order valence-corrected chi connectivity index (χ3v) is 3.29. The first-order chi connectivity index (χ1) is 8.36. The van der Waals surface area contributed by atoms with Gasteiger partial charge in [-0.25, -0.2) is 0 Å². The summed E-state index contributed by atoms with van der Waals surface area (Å²) in [5.74, 6) is 0. The molecule has 4 nitrogen and oxygen atoms in total. The lowest BCUT2D eigenvalue weighted by Gasteiger charge is -2.25. The number of ether oxygens (including phenoxy) is 2. The van der Waals surface area contributed by atoms with E-state index in [1.54, 1.807) is 0 Å². The van der Waals surface area contributed by atoms with Crippen LogP contribution in [0, 0.1) is 0 Å². The first-order valence-electron chi connectivity index (χ1n) is 6.98. The van der Waals surface area contributed by atoms with Crippen molar-refractivity contribution >= 4 is 0 Å². The fourth-order valence-electron chi connectivity index (χ4n) is 2.09. The standard InChI is InChI=1S/C13H28N2O2/c1-3-15(9-12-16-4-2)8-7-14-13-5-10-17-11-6-13/h13-14H,3-12H2,1-2H3. The molecule has 0 spiro atoms. The maximum atomic E-state index is 5.38. The van der Waals surface area contributed by atoms with Gasteiger partial charge in [-0.2, -0.15) is 0 Å². The van der Waals surface area contributed by atoms with E-state index in [9.17, 15) is 0 Å². The predicted octanol–water partition coefficient (Wildman–Crippen LogP) is 1.11. The van der Waals surface area contributed by atoms with Gasteiger partial charge in [0.25, 0.3) is 0 Å². The number of nitrogens with zero attached hydrogens (tertiary/aromatic N) is 1. The molecule has 1 rings (SSSR count). The molecule has 0 saturated carbocycles. The third kappa shape index (κ3) is 6.99. The summed E-state index contributed by atoms with van der Waals surface area (Å²) >= 11 is 0. The molecule has 0 bridgehead atoms. The van der Waals surface area contributed by atoms with Crippen molar-refractivity contribution < 1.29 is 9.47 Å². The van der Waals surface area contributed by atoms with Crippen LogP contribution in [0.4, 0.5) is 0 Å². The van der Waals surface area contributed by atoms with E-state index in [0.717, 1.165) is 65.4 Å². The lowest BCUT2D eigenvalue weighted by atomic mass is 10.1. The van der Waals surface area contributed by atoms with Gasteiger partial charge in [-0.1, -0.05) is 6.92 Å². The molecule has 0 atom stereocenters. The van der Waals surface area contributed by atoms with Crippen LogP contribution in [0.2, 0.25) is 0 Å². The zero-order valence-corrected chi connectivity index (χ0v) is 11.4. The van der Waals surface area contributed by atoms with Crippen LogP contribution in [0.15, 0.2) is 0 Å². The second-order valence-corrected chi connectivity index (χ2v) is 4.47. The quantitative estimate of drug-likeness (QED) is 0.616. The van der Waals surface area contributed by atoms with Crippen molar-refractivity contribution in [2.75, 3.05) is 52.6 Å². The number of hydrogen-bond donors (Lipinski definition) is 1. The summed E-state index contributed by atoms with van der Waals surface area (Å²) in [6.07, 6.45) is 2.32. The van der Waals surface area contributed by atoms with E-state index in [-0.39, 0.29) is 0 Å². The van der Waals surface area contributed by atoms with E-state index in [2.05, 4.69) is 17.1 Å². The first kappa shape index (κ1) is 14.9. The molecule has 1 heterocycles. The zero-order valence-electron chi connectivity index (χ0n) is 11.4. The van der Waals surface area contributed by atoms with Crippen LogP contribution >= 0.6 is 0 Å². The zero-order chi connectivity index (χ0) is 12.3. The van der Waals surface area contributed by atoms with Gasteiger partial charge in [0.15, 0.2) is 0 Å². The fraction of sp³-hybridized carbons (Fsp3) is 1.00. The maximum absolute atomic E-state index is 5.38. The fourth-order valence-corrected chi connectivity index (χ4v) is 2.09. The van der Waals surface area contributed by atoms with Gasteiger partial charge in [0, 0.05) is 45.5 Å². The Bertz CT molecular complexity index is 173. The van der Waals surface area contributed by atoms with Crippen LogP contribution in [-0.2, 0) is 9.47 Å². The SMILES string of the molecule is CCOCCN(CC)CCNC1CCOCC1. The van der Waals surface area contributed by atoms with Crippen molar-refractivity contribution in [3.8, 4) is 0 Å². The summed E-state index contributed by atoms with van der Waals surface area (Å²) in [5, 5.41) is 3.61. The van der Waals surface area contributed by atoms with Crippen LogP contribution < -0.4 is 5.32 Å². The minimum atomic E-state index is 0.661. The first-order valence-corrected chi connectivity index (χ1v) is 6.98. The van der Waals surface area contributed by atoms with E-state index in [0.29, 0.717) is 6.04 Å². The highest BCUT2D eigenvalue weighted by Gasteiger charge is 2.12. The van der Waals surface area contributed by atoms with Gasteiger partial charge in [0.05, 0.1) is 6.61 Å². The van der Waals surface area contributed by atoms with Crippen molar-refractivity contribution in [2.24, 2.45) is 0 Å². The van der Waals surface area contributed by atoms with Crippen LogP contribution in [-0.4, -0.2) is 63.5 Å². The van der Waals surface area contributed by atoms with Crippen LogP contribution in [0.25, 0.3) is 0 Å². The molecule has 0 aromatic carbocycles. The Morgan fingerprint density at radius 2 is 2.00 bits per heavy atom. The molecular weight excluding hydrogens is 216 g/mol. The van der Waals surface area contributed by atoms with Crippen molar-refractivity contribution in [1.29, 1.82) is 0 Å². The van der Waals surface area contributed by atoms with Gasteiger partial charge < -0.3 is 19.7 Å². The Labute approximate surface area is 106 Å². The Kier molecular flexibility index (Phi) is 8.61. The molecule has 1 saturated heterocycles. The smallest absolute Gasteiger partial charge is 0.0593 e. The van der Waals surface area contributed by atoms with Gasteiger partial charge in [-0.05, 0) is 26.3 Å². The summed E-state index contributed by atoms with van der Waals surface area (Å²) in [7, 11) is 0. The number of nitrogens with one attached hydrogen (secondary N) is 1. The molecule has 4 heteroatoms. The molecule has 1 aliphatic rings. The van der Waals surface area contributed by atoms with E-state index < -0.39 is 0 Å². The molecule has 0 aromatic heterocycles. The minimum absolute atomic E-state index is 0.661. The molecule has 0 radical (unpaired) electrons. The van der Waals surface area contributed by atoms with E-state index in [1.165, 1.54) is 0 Å². The molecule has 0 aromatic rings. The molecule has 0 aliphatic carbocycles. The van der Waals surface area contributed by atoms with E-state index in [1.807, 2.05) is 6.92 Å². The van der Waals surface area contributed by atoms with Crippen molar-refractivity contribution in [2.45, 2.75) is 32.7 Å². The molecule has 0 unspecified atom stereocenters. The van der Waals surface area contributed by atoms with Crippen LogP contribution in [0.1, 0.15) is 26.7 Å². The highest BCUT2D eigenvalue weighted by atomic mass is 16.5.